The molecule has 0 N–H and O–H groups in total. The standard InChI is InChI=1S/C4H2ClNO3/c5-3-1-2-4(9-3)6(7)8/h1-2H. The van der Waals surface area contributed by atoms with E-state index in [-0.39, 0.29) is 11.1 Å². The highest BCUT2D eigenvalue weighted by atomic mass is 35.5. The Balaban J connectivity index is 2.98. The molecule has 0 saturated heterocycles. The van der Waals surface area contributed by atoms with Crippen molar-refractivity contribution in [1.82, 2.24) is 0 Å². The van der Waals surface area contributed by atoms with Gasteiger partial charge in [-0.25, -0.2) is 0 Å². The highest BCUT2D eigenvalue weighted by Gasteiger charge is 2.09. The Kier molecular flexibility index (Phi) is 1.40. The van der Waals surface area contributed by atoms with Gasteiger partial charge in [-0.3, -0.25) is 10.1 Å². The van der Waals surface area contributed by atoms with Crippen LogP contribution < -0.4 is 0 Å². The molecule has 0 radical (unpaired) electrons. The highest BCUT2D eigenvalue weighted by molar-refractivity contribution is 6.28. The number of halogens is 1. The van der Waals surface area contributed by atoms with E-state index in [0.29, 0.717) is 0 Å². The van der Waals surface area contributed by atoms with Crippen LogP contribution in [0.4, 0.5) is 5.88 Å². The van der Waals surface area contributed by atoms with Gasteiger partial charge in [0.1, 0.15) is 4.92 Å². The van der Waals surface area contributed by atoms with Crippen molar-refractivity contribution < 1.29 is 9.34 Å². The molecule has 1 rings (SSSR count). The molecule has 1 heterocycles. The van der Waals surface area contributed by atoms with E-state index in [0.717, 1.165) is 0 Å². The number of furan rings is 1. The van der Waals surface area contributed by atoms with Crippen LogP contribution in [0.5, 0.6) is 0 Å². The minimum atomic E-state index is -0.647. The second kappa shape index (κ2) is 2.06. The van der Waals surface area contributed by atoms with Crippen LogP contribution in [0.25, 0.3) is 0 Å². The maximum atomic E-state index is 9.87. The molecule has 0 saturated carbocycles. The summed E-state index contributed by atoms with van der Waals surface area (Å²) in [6.07, 6.45) is 0. The largest absolute Gasteiger partial charge is 0.434 e. The summed E-state index contributed by atoms with van der Waals surface area (Å²) in [5.74, 6) is -0.333. The minimum absolute atomic E-state index is 0.0294. The topological polar surface area (TPSA) is 56.3 Å². The molecule has 0 aromatic carbocycles. The third kappa shape index (κ3) is 1.20. The molecule has 0 bridgehead atoms. The molecular formula is C4H2ClNO3. The summed E-state index contributed by atoms with van der Waals surface area (Å²) in [5, 5.41) is 9.90. The van der Waals surface area contributed by atoms with Crippen LogP contribution in [-0.4, -0.2) is 4.92 Å². The second-order valence-electron chi connectivity index (χ2n) is 1.33. The lowest BCUT2D eigenvalue weighted by molar-refractivity contribution is -0.402. The maximum absolute atomic E-state index is 9.87. The molecule has 1 aromatic rings. The van der Waals surface area contributed by atoms with Gasteiger partial charge in [-0.15, -0.1) is 0 Å². The summed E-state index contributed by atoms with van der Waals surface area (Å²) in [4.78, 5) is 9.22. The monoisotopic (exact) mass is 147 g/mol. The number of rotatable bonds is 1. The number of nitrogens with zero attached hydrogens (tertiary/aromatic N) is 1. The maximum Gasteiger partial charge on any atom is 0.434 e. The number of hydrogen-bond acceptors (Lipinski definition) is 3. The van der Waals surface area contributed by atoms with E-state index in [9.17, 15) is 10.1 Å². The third-order valence-electron chi connectivity index (χ3n) is 0.739. The molecule has 0 aliphatic heterocycles. The van der Waals surface area contributed by atoms with E-state index in [1.165, 1.54) is 12.1 Å². The molecule has 0 aliphatic carbocycles. The van der Waals surface area contributed by atoms with Crippen molar-refractivity contribution >= 4 is 17.5 Å². The van der Waals surface area contributed by atoms with Crippen molar-refractivity contribution in [2.75, 3.05) is 0 Å². The minimum Gasteiger partial charge on any atom is -0.389 e. The molecule has 0 atom stereocenters. The van der Waals surface area contributed by atoms with E-state index in [4.69, 9.17) is 11.6 Å². The van der Waals surface area contributed by atoms with Crippen molar-refractivity contribution in [2.45, 2.75) is 0 Å². The van der Waals surface area contributed by atoms with Gasteiger partial charge in [-0.1, -0.05) is 0 Å². The van der Waals surface area contributed by atoms with Crippen LogP contribution in [0.1, 0.15) is 0 Å². The van der Waals surface area contributed by atoms with Crippen molar-refractivity contribution in [3.63, 3.8) is 0 Å². The summed E-state index contributed by atoms with van der Waals surface area (Å²) >= 11 is 5.23. The lowest BCUT2D eigenvalue weighted by Gasteiger charge is -1.78. The van der Waals surface area contributed by atoms with E-state index >= 15 is 0 Å². The Bertz CT molecular complexity index is 231. The van der Waals surface area contributed by atoms with Gasteiger partial charge in [0, 0.05) is 6.07 Å². The smallest absolute Gasteiger partial charge is 0.389 e. The second-order valence-corrected chi connectivity index (χ2v) is 1.71. The summed E-state index contributed by atoms with van der Waals surface area (Å²) in [7, 11) is 0. The van der Waals surface area contributed by atoms with Gasteiger partial charge in [0.05, 0.1) is 6.07 Å². The Morgan fingerprint density at radius 3 is 2.56 bits per heavy atom. The van der Waals surface area contributed by atoms with Gasteiger partial charge >= 0.3 is 5.88 Å². The predicted molar refractivity (Wildman–Crippen MR) is 30.4 cm³/mol. The molecule has 0 aliphatic rings. The quantitative estimate of drug-likeness (QED) is 0.450. The van der Waals surface area contributed by atoms with Crippen molar-refractivity contribution in [2.24, 2.45) is 0 Å². The molecule has 1 aromatic heterocycles. The lowest BCUT2D eigenvalue weighted by Crippen LogP contribution is -1.82. The van der Waals surface area contributed by atoms with E-state index in [1.807, 2.05) is 0 Å². The van der Waals surface area contributed by atoms with Crippen molar-refractivity contribution in [3.8, 4) is 0 Å². The van der Waals surface area contributed by atoms with Crippen LogP contribution >= 0.6 is 11.6 Å². The predicted octanol–water partition coefficient (Wildman–Crippen LogP) is 1.84. The molecule has 4 nitrogen and oxygen atoms in total. The van der Waals surface area contributed by atoms with Gasteiger partial charge in [-0.05, 0) is 11.6 Å². The summed E-state index contributed by atoms with van der Waals surface area (Å²) in [6, 6.07) is 2.52. The average Bonchev–Trinajstić information content (AvgIpc) is 2.14. The first-order valence-corrected chi connectivity index (χ1v) is 2.47. The Hall–Kier alpha value is -1.03. The van der Waals surface area contributed by atoms with E-state index in [2.05, 4.69) is 4.42 Å². The summed E-state index contributed by atoms with van der Waals surface area (Å²) < 4.78 is 4.41. The van der Waals surface area contributed by atoms with Crippen LogP contribution in [-0.2, 0) is 0 Å². The molecule has 9 heavy (non-hydrogen) atoms. The van der Waals surface area contributed by atoms with Crippen LogP contribution in [0.2, 0.25) is 5.22 Å². The summed E-state index contributed by atoms with van der Waals surface area (Å²) in [5.41, 5.74) is 0. The lowest BCUT2D eigenvalue weighted by atomic mass is 10.6. The SMILES string of the molecule is O=[N+]([O-])c1ccc(Cl)o1. The van der Waals surface area contributed by atoms with Crippen molar-refractivity contribution in [3.05, 3.63) is 27.5 Å². The highest BCUT2D eigenvalue weighted by Crippen LogP contribution is 2.18. The van der Waals surface area contributed by atoms with Crippen LogP contribution in [0.15, 0.2) is 16.5 Å². The average molecular weight is 148 g/mol. The fourth-order valence-electron chi connectivity index (χ4n) is 0.403. The Morgan fingerprint density at radius 2 is 2.33 bits per heavy atom. The fourth-order valence-corrected chi connectivity index (χ4v) is 0.545. The molecule has 5 heteroatoms. The Labute approximate surface area is 55.2 Å². The first-order chi connectivity index (χ1) is 4.20. The van der Waals surface area contributed by atoms with Crippen molar-refractivity contribution in [1.29, 1.82) is 0 Å². The normalized spacial score (nSPS) is 9.44. The molecule has 0 amide bonds. The zero-order chi connectivity index (χ0) is 6.85. The van der Waals surface area contributed by atoms with Gasteiger partial charge in [0.25, 0.3) is 0 Å². The van der Waals surface area contributed by atoms with Gasteiger partial charge in [0.15, 0.2) is 0 Å². The van der Waals surface area contributed by atoms with E-state index in [1.54, 1.807) is 0 Å². The number of hydrogen-bond donors (Lipinski definition) is 0. The van der Waals surface area contributed by atoms with Gasteiger partial charge in [0.2, 0.25) is 5.22 Å². The zero-order valence-electron chi connectivity index (χ0n) is 4.20. The third-order valence-corrected chi connectivity index (χ3v) is 0.942. The molecule has 0 spiro atoms. The molecule has 0 fully saturated rings. The van der Waals surface area contributed by atoms with Gasteiger partial charge in [-0.2, -0.15) is 0 Å². The van der Waals surface area contributed by atoms with Gasteiger partial charge < -0.3 is 4.42 Å². The van der Waals surface area contributed by atoms with Crippen LogP contribution in [0, 0.1) is 10.1 Å². The van der Waals surface area contributed by atoms with Crippen LogP contribution in [0.3, 0.4) is 0 Å². The summed E-state index contributed by atoms with van der Waals surface area (Å²) in [6.45, 7) is 0. The zero-order valence-corrected chi connectivity index (χ0v) is 4.96. The fraction of sp³-hybridized carbons (Fsp3) is 0. The first-order valence-electron chi connectivity index (χ1n) is 2.10. The first kappa shape index (κ1) is 6.10. The van der Waals surface area contributed by atoms with E-state index < -0.39 is 4.92 Å². The molecular weight excluding hydrogens is 146 g/mol. The molecule has 48 valence electrons. The molecule has 0 unspecified atom stereocenters. The Morgan fingerprint density at radius 1 is 1.67 bits per heavy atom. The number of nitro groups is 1.